The summed E-state index contributed by atoms with van der Waals surface area (Å²) < 4.78 is 1.89. The van der Waals surface area contributed by atoms with Crippen molar-refractivity contribution in [2.45, 2.75) is 52.0 Å². The number of hydrogen-bond acceptors (Lipinski definition) is 4. The summed E-state index contributed by atoms with van der Waals surface area (Å²) in [6.07, 6.45) is 4.21. The van der Waals surface area contributed by atoms with Crippen LogP contribution in [-0.4, -0.2) is 25.2 Å². The molecule has 1 aliphatic carbocycles. The van der Waals surface area contributed by atoms with E-state index in [1.165, 1.54) is 11.1 Å². The standard InChI is InChI=1S/C24H27N5O/c1-17(2)19-13-9-14-20-21(16-19)29(24(30)22(20)23-25-27-28-26-23)15-8-4-7-12-18-10-5-3-6-11-18/h3,5-6,9-11,13-14,16-17H,4,7-8,12,15H2,1-2H3,(H,25,26,27,28). The normalized spacial score (nSPS) is 11.4. The summed E-state index contributed by atoms with van der Waals surface area (Å²) >= 11 is 0. The highest BCUT2D eigenvalue weighted by Gasteiger charge is 2.23. The molecule has 6 nitrogen and oxygen atoms in total. The van der Waals surface area contributed by atoms with Crippen molar-refractivity contribution in [3.8, 4) is 22.6 Å². The first-order chi connectivity index (χ1) is 14.6. The van der Waals surface area contributed by atoms with Crippen LogP contribution in [0.15, 0.2) is 59.4 Å². The Balaban J connectivity index is 1.59. The Bertz CT molecular complexity index is 1120. The van der Waals surface area contributed by atoms with Crippen LogP contribution in [0, 0.1) is 0 Å². The minimum atomic E-state index is -0.0347. The minimum absolute atomic E-state index is 0.0347. The number of aryl methyl sites for hydroxylation is 1. The molecule has 0 amide bonds. The third kappa shape index (κ3) is 4.17. The van der Waals surface area contributed by atoms with Crippen LogP contribution < -0.4 is 5.56 Å². The van der Waals surface area contributed by atoms with Gasteiger partial charge in [-0.05, 0) is 52.8 Å². The van der Waals surface area contributed by atoms with Crippen LogP contribution >= 0.6 is 0 Å². The summed E-state index contributed by atoms with van der Waals surface area (Å²) in [7, 11) is 0. The van der Waals surface area contributed by atoms with Crippen LogP contribution in [0.4, 0.5) is 0 Å². The number of nitrogens with one attached hydrogen (secondary N) is 1. The summed E-state index contributed by atoms with van der Waals surface area (Å²) in [5, 5.41) is 14.1. The Labute approximate surface area is 176 Å². The van der Waals surface area contributed by atoms with Gasteiger partial charge in [0.25, 0.3) is 5.56 Å². The van der Waals surface area contributed by atoms with Crippen molar-refractivity contribution in [1.29, 1.82) is 0 Å². The summed E-state index contributed by atoms with van der Waals surface area (Å²) in [5.74, 6) is 0.797. The smallest absolute Gasteiger partial charge is 0.262 e. The predicted octanol–water partition coefficient (Wildman–Crippen LogP) is 4.67. The van der Waals surface area contributed by atoms with E-state index in [0.29, 0.717) is 23.9 Å². The third-order valence-corrected chi connectivity index (χ3v) is 5.59. The van der Waals surface area contributed by atoms with E-state index in [9.17, 15) is 4.79 Å². The van der Waals surface area contributed by atoms with Crippen LogP contribution in [0.5, 0.6) is 0 Å². The first-order valence-electron chi connectivity index (χ1n) is 10.6. The van der Waals surface area contributed by atoms with E-state index in [-0.39, 0.29) is 5.56 Å². The molecule has 0 bridgehead atoms. The van der Waals surface area contributed by atoms with Crippen molar-refractivity contribution in [3.63, 3.8) is 0 Å². The average molecular weight is 402 g/mol. The number of aromatic amines is 1. The van der Waals surface area contributed by atoms with Gasteiger partial charge in [-0.2, -0.15) is 0 Å². The van der Waals surface area contributed by atoms with Gasteiger partial charge in [0.15, 0.2) is 5.82 Å². The molecule has 2 aliphatic rings. The minimum Gasteiger partial charge on any atom is -0.308 e. The molecule has 1 N–H and O–H groups in total. The van der Waals surface area contributed by atoms with Crippen LogP contribution in [-0.2, 0) is 13.0 Å². The molecule has 0 unspecified atom stereocenters. The summed E-state index contributed by atoms with van der Waals surface area (Å²) in [4.78, 5) is 13.3. The molecule has 1 aliphatic heterocycles. The SMILES string of the molecule is CC(C)c1cccc2c(-c3nnn[nH]3)c(=O)n(CCCCCc3ccccc3)c-2c1. The third-order valence-electron chi connectivity index (χ3n) is 5.59. The van der Waals surface area contributed by atoms with E-state index >= 15 is 0 Å². The fourth-order valence-electron chi connectivity index (χ4n) is 3.91. The first kappa shape index (κ1) is 20.0. The monoisotopic (exact) mass is 401 g/mol. The predicted molar refractivity (Wildman–Crippen MR) is 119 cm³/mol. The zero-order valence-electron chi connectivity index (χ0n) is 17.5. The second-order valence-corrected chi connectivity index (χ2v) is 8.00. The number of fused-ring (bicyclic) bond motifs is 1. The van der Waals surface area contributed by atoms with E-state index in [1.54, 1.807) is 0 Å². The number of benzene rings is 1. The van der Waals surface area contributed by atoms with Crippen molar-refractivity contribution in [3.05, 3.63) is 76.1 Å². The molecular weight excluding hydrogens is 374 g/mol. The molecule has 0 saturated carbocycles. The molecule has 1 aromatic carbocycles. The van der Waals surface area contributed by atoms with Crippen LogP contribution in [0.1, 0.15) is 50.2 Å². The van der Waals surface area contributed by atoms with Crippen molar-refractivity contribution in [1.82, 2.24) is 25.2 Å². The number of aromatic nitrogens is 5. The first-order valence-corrected chi connectivity index (χ1v) is 10.6. The molecule has 4 rings (SSSR count). The van der Waals surface area contributed by atoms with E-state index in [1.807, 2.05) is 22.8 Å². The summed E-state index contributed by atoms with van der Waals surface area (Å²) in [6.45, 7) is 5.02. The molecule has 0 fully saturated rings. The van der Waals surface area contributed by atoms with Crippen molar-refractivity contribution in [2.75, 3.05) is 0 Å². The largest absolute Gasteiger partial charge is 0.308 e. The lowest BCUT2D eigenvalue weighted by molar-refractivity contribution is 0.584. The molecule has 0 spiro atoms. The van der Waals surface area contributed by atoms with Gasteiger partial charge in [0.2, 0.25) is 0 Å². The number of unbranched alkanes of at least 4 members (excludes halogenated alkanes) is 2. The van der Waals surface area contributed by atoms with Crippen LogP contribution in [0.25, 0.3) is 22.6 Å². The average Bonchev–Trinajstić information content (AvgIpc) is 3.28. The molecule has 30 heavy (non-hydrogen) atoms. The fraction of sp³-hybridized carbons (Fsp3) is 0.333. The van der Waals surface area contributed by atoms with Gasteiger partial charge < -0.3 is 4.57 Å². The molecule has 0 radical (unpaired) electrons. The summed E-state index contributed by atoms with van der Waals surface area (Å²) in [6, 6.07) is 18.8. The Morgan fingerprint density at radius 2 is 1.83 bits per heavy atom. The molecular formula is C24H27N5O. The van der Waals surface area contributed by atoms with E-state index in [2.05, 4.69) is 70.9 Å². The van der Waals surface area contributed by atoms with Gasteiger partial charge in [-0.3, -0.25) is 4.79 Å². The van der Waals surface area contributed by atoms with Crippen molar-refractivity contribution in [2.24, 2.45) is 0 Å². The quantitative estimate of drug-likeness (QED) is 0.435. The number of tetrazole rings is 1. The lowest BCUT2D eigenvalue weighted by atomic mass is 10.0. The van der Waals surface area contributed by atoms with Gasteiger partial charge >= 0.3 is 0 Å². The Hall–Kier alpha value is -3.28. The van der Waals surface area contributed by atoms with Gasteiger partial charge in [0, 0.05) is 12.1 Å². The zero-order valence-corrected chi connectivity index (χ0v) is 17.5. The Morgan fingerprint density at radius 3 is 2.57 bits per heavy atom. The number of hydrogen-bond donors (Lipinski definition) is 1. The molecule has 6 heteroatoms. The van der Waals surface area contributed by atoms with Gasteiger partial charge in [-0.1, -0.05) is 68.8 Å². The Kier molecular flexibility index (Phi) is 6.02. The number of nitrogens with zero attached hydrogens (tertiary/aromatic N) is 4. The van der Waals surface area contributed by atoms with Crippen molar-refractivity contribution >= 4 is 0 Å². The van der Waals surface area contributed by atoms with E-state index in [4.69, 9.17) is 0 Å². The number of rotatable bonds is 8. The Morgan fingerprint density at radius 1 is 1.00 bits per heavy atom. The second-order valence-electron chi connectivity index (χ2n) is 8.00. The summed E-state index contributed by atoms with van der Waals surface area (Å²) in [5.41, 5.74) is 4.91. The lowest BCUT2D eigenvalue weighted by Gasteiger charge is -2.08. The fourth-order valence-corrected chi connectivity index (χ4v) is 3.91. The van der Waals surface area contributed by atoms with Gasteiger partial charge in [-0.15, -0.1) is 5.10 Å². The maximum atomic E-state index is 13.3. The molecule has 154 valence electrons. The topological polar surface area (TPSA) is 76.5 Å². The van der Waals surface area contributed by atoms with Gasteiger partial charge in [0.05, 0.1) is 11.3 Å². The molecule has 1 aromatic heterocycles. The highest BCUT2D eigenvalue weighted by Crippen LogP contribution is 2.31. The van der Waals surface area contributed by atoms with E-state index in [0.717, 1.165) is 36.9 Å². The second kappa shape index (κ2) is 9.03. The van der Waals surface area contributed by atoms with E-state index < -0.39 is 0 Å². The zero-order chi connectivity index (χ0) is 20.9. The molecule has 2 aromatic rings. The van der Waals surface area contributed by atoms with Gasteiger partial charge in [0.1, 0.15) is 0 Å². The molecule has 0 saturated heterocycles. The lowest BCUT2D eigenvalue weighted by Crippen LogP contribution is -2.17. The molecule has 2 heterocycles. The van der Waals surface area contributed by atoms with Crippen LogP contribution in [0.2, 0.25) is 0 Å². The van der Waals surface area contributed by atoms with Crippen molar-refractivity contribution < 1.29 is 0 Å². The maximum Gasteiger partial charge on any atom is 0.262 e. The number of H-pyrrole nitrogens is 1. The highest BCUT2D eigenvalue weighted by molar-refractivity contribution is 5.80. The maximum absolute atomic E-state index is 13.3. The van der Waals surface area contributed by atoms with Crippen LogP contribution in [0.3, 0.4) is 0 Å². The highest BCUT2D eigenvalue weighted by atomic mass is 16.1. The molecule has 0 atom stereocenters. The van der Waals surface area contributed by atoms with Gasteiger partial charge in [-0.25, -0.2) is 5.10 Å².